The number of imidazole rings is 1. The molecule has 2 aromatic heterocycles. The van der Waals surface area contributed by atoms with Gasteiger partial charge in [0.2, 0.25) is 0 Å². The Labute approximate surface area is 93.1 Å². The highest BCUT2D eigenvalue weighted by atomic mass is 32.2. The van der Waals surface area contributed by atoms with Crippen molar-refractivity contribution in [3.63, 3.8) is 0 Å². The van der Waals surface area contributed by atoms with Crippen LogP contribution in [0.25, 0.3) is 5.52 Å². The molecule has 5 heteroatoms. The molecule has 2 rings (SSSR count). The molecule has 0 aromatic carbocycles. The summed E-state index contributed by atoms with van der Waals surface area (Å²) >= 11 is 1.59. The molecule has 4 nitrogen and oxygen atoms in total. The van der Waals surface area contributed by atoms with E-state index in [0.717, 1.165) is 35.0 Å². The van der Waals surface area contributed by atoms with Gasteiger partial charge in [0.15, 0.2) is 5.16 Å². The number of aromatic nitrogens is 4. The smallest absolute Gasteiger partial charge is 0.195 e. The second-order valence-corrected chi connectivity index (χ2v) is 4.18. The zero-order valence-electron chi connectivity index (χ0n) is 9.19. The molecule has 0 atom stereocenters. The van der Waals surface area contributed by atoms with Crippen LogP contribution in [-0.2, 0) is 6.42 Å². The molecular formula is C10H14N4S. The lowest BCUT2D eigenvalue weighted by Crippen LogP contribution is -2.03. The van der Waals surface area contributed by atoms with Gasteiger partial charge in [-0.05, 0) is 19.6 Å². The molecule has 0 radical (unpaired) electrons. The van der Waals surface area contributed by atoms with Crippen LogP contribution in [0.5, 0.6) is 0 Å². The Morgan fingerprint density at radius 2 is 2.20 bits per heavy atom. The SMILES string of the molecule is CCCc1nnc(SC)n2c(C)ncc12. The van der Waals surface area contributed by atoms with Crippen LogP contribution < -0.4 is 0 Å². The van der Waals surface area contributed by atoms with E-state index in [9.17, 15) is 0 Å². The summed E-state index contributed by atoms with van der Waals surface area (Å²) in [5, 5.41) is 9.36. The minimum atomic E-state index is 0.903. The molecule has 80 valence electrons. The van der Waals surface area contributed by atoms with Gasteiger partial charge in [-0.1, -0.05) is 25.1 Å². The van der Waals surface area contributed by atoms with Gasteiger partial charge in [0.25, 0.3) is 0 Å². The topological polar surface area (TPSA) is 43.1 Å². The number of thioether (sulfide) groups is 1. The van der Waals surface area contributed by atoms with Gasteiger partial charge in [-0.2, -0.15) is 5.10 Å². The molecule has 0 amide bonds. The Hall–Kier alpha value is -1.10. The lowest BCUT2D eigenvalue weighted by Gasteiger charge is -2.05. The van der Waals surface area contributed by atoms with Crippen molar-refractivity contribution in [1.29, 1.82) is 0 Å². The Bertz CT molecular complexity index is 477. The molecule has 0 aliphatic heterocycles. The van der Waals surface area contributed by atoms with E-state index in [-0.39, 0.29) is 0 Å². The first-order valence-corrected chi connectivity index (χ1v) is 6.24. The normalized spacial score (nSPS) is 11.1. The van der Waals surface area contributed by atoms with Crippen molar-refractivity contribution >= 4 is 17.3 Å². The van der Waals surface area contributed by atoms with Crippen LogP contribution in [0.15, 0.2) is 11.4 Å². The Balaban J connectivity index is 2.68. The maximum Gasteiger partial charge on any atom is 0.195 e. The summed E-state index contributed by atoms with van der Waals surface area (Å²) in [6, 6.07) is 0. The van der Waals surface area contributed by atoms with Gasteiger partial charge < -0.3 is 0 Å². The van der Waals surface area contributed by atoms with Crippen molar-refractivity contribution in [3.8, 4) is 0 Å². The molecular weight excluding hydrogens is 208 g/mol. The number of fused-ring (bicyclic) bond motifs is 1. The van der Waals surface area contributed by atoms with Gasteiger partial charge in [0, 0.05) is 0 Å². The first-order valence-electron chi connectivity index (χ1n) is 5.01. The largest absolute Gasteiger partial charge is 0.272 e. The van der Waals surface area contributed by atoms with Gasteiger partial charge in [0.05, 0.1) is 17.4 Å². The van der Waals surface area contributed by atoms with E-state index in [4.69, 9.17) is 0 Å². The monoisotopic (exact) mass is 222 g/mol. The Kier molecular flexibility index (Phi) is 2.90. The molecule has 2 heterocycles. The van der Waals surface area contributed by atoms with Gasteiger partial charge >= 0.3 is 0 Å². The fourth-order valence-electron chi connectivity index (χ4n) is 1.64. The highest BCUT2D eigenvalue weighted by Gasteiger charge is 2.10. The molecule has 0 N–H and O–H groups in total. The third-order valence-electron chi connectivity index (χ3n) is 2.35. The lowest BCUT2D eigenvalue weighted by molar-refractivity contribution is 0.740. The highest BCUT2D eigenvalue weighted by Crippen LogP contribution is 2.18. The number of hydrogen-bond acceptors (Lipinski definition) is 4. The van der Waals surface area contributed by atoms with Crippen molar-refractivity contribution in [1.82, 2.24) is 19.6 Å². The summed E-state index contributed by atoms with van der Waals surface area (Å²) in [4.78, 5) is 4.32. The fourth-order valence-corrected chi connectivity index (χ4v) is 2.17. The van der Waals surface area contributed by atoms with Crippen molar-refractivity contribution in [2.24, 2.45) is 0 Å². The summed E-state index contributed by atoms with van der Waals surface area (Å²) in [5.74, 6) is 0.974. The lowest BCUT2D eigenvalue weighted by atomic mass is 10.2. The predicted octanol–water partition coefficient (Wildman–Crippen LogP) is 2.11. The molecule has 15 heavy (non-hydrogen) atoms. The second-order valence-electron chi connectivity index (χ2n) is 3.41. The van der Waals surface area contributed by atoms with Gasteiger partial charge in [-0.25, -0.2) is 4.98 Å². The third kappa shape index (κ3) is 1.71. The molecule has 0 saturated heterocycles. The maximum atomic E-state index is 4.32. The third-order valence-corrected chi connectivity index (χ3v) is 2.98. The highest BCUT2D eigenvalue weighted by molar-refractivity contribution is 7.98. The van der Waals surface area contributed by atoms with E-state index in [2.05, 4.69) is 26.5 Å². The molecule has 2 aromatic rings. The zero-order valence-corrected chi connectivity index (χ0v) is 10.0. The molecule has 0 aliphatic rings. The van der Waals surface area contributed by atoms with Crippen molar-refractivity contribution in [2.75, 3.05) is 6.26 Å². The average molecular weight is 222 g/mol. The molecule has 0 aliphatic carbocycles. The first kappa shape index (κ1) is 10.4. The van der Waals surface area contributed by atoms with Crippen molar-refractivity contribution < 1.29 is 0 Å². The van der Waals surface area contributed by atoms with E-state index < -0.39 is 0 Å². The number of aryl methyl sites for hydroxylation is 2. The van der Waals surface area contributed by atoms with Gasteiger partial charge in [-0.15, -0.1) is 5.10 Å². The van der Waals surface area contributed by atoms with Crippen LogP contribution in [0.3, 0.4) is 0 Å². The minimum absolute atomic E-state index is 0.903. The Morgan fingerprint density at radius 1 is 1.40 bits per heavy atom. The van der Waals surface area contributed by atoms with Crippen LogP contribution in [0.4, 0.5) is 0 Å². The van der Waals surface area contributed by atoms with Crippen LogP contribution in [-0.4, -0.2) is 25.8 Å². The number of nitrogens with zero attached hydrogens (tertiary/aromatic N) is 4. The van der Waals surface area contributed by atoms with Crippen LogP contribution >= 0.6 is 11.8 Å². The van der Waals surface area contributed by atoms with E-state index in [1.54, 1.807) is 11.8 Å². The molecule has 0 fully saturated rings. The first-order chi connectivity index (χ1) is 7.27. The standard InChI is InChI=1S/C10H14N4S/c1-4-5-8-9-6-11-7(2)14(9)10(15-3)13-12-8/h6H,4-5H2,1-3H3. The van der Waals surface area contributed by atoms with E-state index in [1.807, 2.05) is 19.4 Å². The summed E-state index contributed by atoms with van der Waals surface area (Å²) in [6.45, 7) is 4.13. The predicted molar refractivity (Wildman–Crippen MR) is 61.3 cm³/mol. The zero-order chi connectivity index (χ0) is 10.8. The molecule has 0 saturated carbocycles. The van der Waals surface area contributed by atoms with Crippen LogP contribution in [0.1, 0.15) is 24.9 Å². The summed E-state index contributed by atoms with van der Waals surface area (Å²) in [6.07, 6.45) is 5.92. The second kappa shape index (κ2) is 4.18. The maximum absolute atomic E-state index is 4.32. The molecule has 0 unspecified atom stereocenters. The summed E-state index contributed by atoms with van der Waals surface area (Å²) in [5.41, 5.74) is 2.13. The van der Waals surface area contributed by atoms with E-state index >= 15 is 0 Å². The summed E-state index contributed by atoms with van der Waals surface area (Å²) in [7, 11) is 0. The average Bonchev–Trinajstić information content (AvgIpc) is 2.63. The van der Waals surface area contributed by atoms with Crippen LogP contribution in [0.2, 0.25) is 0 Å². The minimum Gasteiger partial charge on any atom is -0.272 e. The van der Waals surface area contributed by atoms with E-state index in [1.165, 1.54) is 0 Å². The van der Waals surface area contributed by atoms with Gasteiger partial charge in [0.1, 0.15) is 5.82 Å². The Morgan fingerprint density at radius 3 is 2.87 bits per heavy atom. The van der Waals surface area contributed by atoms with Crippen molar-refractivity contribution in [2.45, 2.75) is 31.8 Å². The quantitative estimate of drug-likeness (QED) is 0.746. The van der Waals surface area contributed by atoms with Crippen LogP contribution in [0, 0.1) is 6.92 Å². The summed E-state index contributed by atoms with van der Waals surface area (Å²) < 4.78 is 2.07. The van der Waals surface area contributed by atoms with Gasteiger partial charge in [-0.3, -0.25) is 4.40 Å². The number of rotatable bonds is 3. The fraction of sp³-hybridized carbons (Fsp3) is 0.500. The number of hydrogen-bond donors (Lipinski definition) is 0. The molecule has 0 bridgehead atoms. The van der Waals surface area contributed by atoms with E-state index in [0.29, 0.717) is 0 Å². The molecule has 0 spiro atoms. The van der Waals surface area contributed by atoms with Crippen molar-refractivity contribution in [3.05, 3.63) is 17.7 Å².